The topological polar surface area (TPSA) is 83.5 Å². The first-order valence-electron chi connectivity index (χ1n) is 8.49. The molecule has 2 aromatic carbocycles. The summed E-state index contributed by atoms with van der Waals surface area (Å²) < 4.78 is 13.0. The van der Waals surface area contributed by atoms with E-state index in [4.69, 9.17) is 0 Å². The molecule has 0 spiro atoms. The van der Waals surface area contributed by atoms with E-state index in [1.807, 2.05) is 30.3 Å². The van der Waals surface area contributed by atoms with Crippen molar-refractivity contribution in [2.24, 2.45) is 5.10 Å². The van der Waals surface area contributed by atoms with Gasteiger partial charge in [0.25, 0.3) is 11.8 Å². The molecule has 0 fully saturated rings. The zero-order chi connectivity index (χ0) is 19.8. The van der Waals surface area contributed by atoms with Crippen molar-refractivity contribution in [3.05, 3.63) is 102 Å². The normalized spacial score (nSPS) is 11.0. The lowest BCUT2D eigenvalue weighted by Crippen LogP contribution is -2.32. The molecular weight excluding hydrogens is 359 g/mol. The van der Waals surface area contributed by atoms with Crippen LogP contribution in [0.2, 0.25) is 0 Å². The lowest BCUT2D eigenvalue weighted by molar-refractivity contribution is 0.0951. The number of amides is 2. The molecule has 0 aliphatic rings. The van der Waals surface area contributed by atoms with Gasteiger partial charge in [-0.1, -0.05) is 30.3 Å². The van der Waals surface area contributed by atoms with Gasteiger partial charge in [0.15, 0.2) is 0 Å². The van der Waals surface area contributed by atoms with Gasteiger partial charge in [-0.05, 0) is 42.0 Å². The maximum absolute atomic E-state index is 13.0. The van der Waals surface area contributed by atoms with Gasteiger partial charge in [-0.3, -0.25) is 14.6 Å². The van der Waals surface area contributed by atoms with Gasteiger partial charge < -0.3 is 5.32 Å². The highest BCUT2D eigenvalue weighted by Gasteiger charge is 2.10. The SMILES string of the molecule is O=C(NC/C(=N/NC(=O)c1ccncc1)c1ccccc1)c1ccc(F)cc1. The quantitative estimate of drug-likeness (QED) is 0.513. The highest BCUT2D eigenvalue weighted by Crippen LogP contribution is 2.04. The summed E-state index contributed by atoms with van der Waals surface area (Å²) in [5.74, 6) is -1.17. The maximum atomic E-state index is 13.0. The van der Waals surface area contributed by atoms with E-state index in [2.05, 4.69) is 20.8 Å². The molecule has 1 aromatic heterocycles. The summed E-state index contributed by atoms with van der Waals surface area (Å²) in [5, 5.41) is 6.90. The van der Waals surface area contributed by atoms with Crippen LogP contribution in [0, 0.1) is 5.82 Å². The Balaban J connectivity index is 1.73. The van der Waals surface area contributed by atoms with Crippen LogP contribution in [-0.4, -0.2) is 29.1 Å². The highest BCUT2D eigenvalue weighted by atomic mass is 19.1. The Labute approximate surface area is 161 Å². The van der Waals surface area contributed by atoms with Gasteiger partial charge in [-0.25, -0.2) is 9.82 Å². The number of benzene rings is 2. The minimum absolute atomic E-state index is 0.0802. The van der Waals surface area contributed by atoms with Crippen molar-refractivity contribution in [3.63, 3.8) is 0 Å². The summed E-state index contributed by atoms with van der Waals surface area (Å²) in [7, 11) is 0. The molecule has 2 N–H and O–H groups in total. The molecule has 0 aliphatic heterocycles. The van der Waals surface area contributed by atoms with Gasteiger partial charge >= 0.3 is 0 Å². The van der Waals surface area contributed by atoms with Crippen molar-refractivity contribution in [1.29, 1.82) is 0 Å². The number of rotatable bonds is 6. The van der Waals surface area contributed by atoms with E-state index in [1.54, 1.807) is 12.1 Å². The lowest BCUT2D eigenvalue weighted by atomic mass is 10.1. The Morgan fingerprint density at radius 3 is 2.14 bits per heavy atom. The predicted octanol–water partition coefficient (Wildman–Crippen LogP) is 2.78. The first-order chi connectivity index (χ1) is 13.6. The third-order valence-electron chi connectivity index (χ3n) is 3.86. The number of nitrogens with one attached hydrogen (secondary N) is 2. The Kier molecular flexibility index (Phi) is 6.20. The number of nitrogens with zero attached hydrogens (tertiary/aromatic N) is 2. The zero-order valence-electron chi connectivity index (χ0n) is 14.8. The Hall–Kier alpha value is -3.87. The lowest BCUT2D eigenvalue weighted by Gasteiger charge is -2.10. The van der Waals surface area contributed by atoms with Crippen LogP contribution in [0.5, 0.6) is 0 Å². The number of aromatic nitrogens is 1. The summed E-state index contributed by atoms with van der Waals surface area (Å²) in [6, 6.07) is 17.5. The Morgan fingerprint density at radius 1 is 0.821 bits per heavy atom. The average molecular weight is 376 g/mol. The van der Waals surface area contributed by atoms with Crippen LogP contribution in [0.4, 0.5) is 4.39 Å². The molecule has 3 aromatic rings. The Bertz CT molecular complexity index is 974. The number of halogens is 1. The summed E-state index contributed by atoms with van der Waals surface area (Å²) in [5.41, 5.74) is 4.45. The summed E-state index contributed by atoms with van der Waals surface area (Å²) >= 11 is 0. The number of hydrogen-bond donors (Lipinski definition) is 2. The molecule has 0 aliphatic carbocycles. The number of pyridine rings is 1. The number of carbonyl (C=O) groups is 2. The van der Waals surface area contributed by atoms with Crippen LogP contribution < -0.4 is 10.7 Å². The van der Waals surface area contributed by atoms with Crippen LogP contribution in [0.1, 0.15) is 26.3 Å². The third-order valence-corrected chi connectivity index (χ3v) is 3.86. The van der Waals surface area contributed by atoms with Crippen molar-refractivity contribution >= 4 is 17.5 Å². The molecule has 140 valence electrons. The molecule has 0 bridgehead atoms. The second kappa shape index (κ2) is 9.18. The van der Waals surface area contributed by atoms with Gasteiger partial charge in [0.2, 0.25) is 0 Å². The van der Waals surface area contributed by atoms with Crippen LogP contribution in [-0.2, 0) is 0 Å². The molecule has 0 radical (unpaired) electrons. The van der Waals surface area contributed by atoms with Gasteiger partial charge in [0.1, 0.15) is 5.82 Å². The summed E-state index contributed by atoms with van der Waals surface area (Å²) in [6.45, 7) is 0.0802. The van der Waals surface area contributed by atoms with E-state index >= 15 is 0 Å². The van der Waals surface area contributed by atoms with E-state index < -0.39 is 5.82 Å². The van der Waals surface area contributed by atoms with Gasteiger partial charge in [0.05, 0.1) is 12.3 Å². The van der Waals surface area contributed by atoms with Gasteiger partial charge in [-0.15, -0.1) is 0 Å². The fraction of sp³-hybridized carbons (Fsp3) is 0.0476. The van der Waals surface area contributed by atoms with E-state index in [-0.39, 0.29) is 18.4 Å². The van der Waals surface area contributed by atoms with Crippen LogP contribution in [0.3, 0.4) is 0 Å². The average Bonchev–Trinajstić information content (AvgIpc) is 2.75. The number of hydrazone groups is 1. The fourth-order valence-electron chi connectivity index (χ4n) is 2.39. The van der Waals surface area contributed by atoms with Crippen LogP contribution in [0.25, 0.3) is 0 Å². The van der Waals surface area contributed by atoms with E-state index in [0.717, 1.165) is 5.56 Å². The van der Waals surface area contributed by atoms with Crippen molar-refractivity contribution < 1.29 is 14.0 Å². The highest BCUT2D eigenvalue weighted by molar-refractivity contribution is 6.06. The van der Waals surface area contributed by atoms with Crippen molar-refractivity contribution in [1.82, 2.24) is 15.7 Å². The molecule has 7 heteroatoms. The minimum atomic E-state index is -0.415. The molecule has 1 heterocycles. The van der Waals surface area contributed by atoms with E-state index in [0.29, 0.717) is 16.8 Å². The molecule has 2 amide bonds. The molecular formula is C21H17FN4O2. The largest absolute Gasteiger partial charge is 0.346 e. The smallest absolute Gasteiger partial charge is 0.271 e. The number of hydrogen-bond acceptors (Lipinski definition) is 4. The van der Waals surface area contributed by atoms with Crippen LogP contribution in [0.15, 0.2) is 84.2 Å². The molecule has 28 heavy (non-hydrogen) atoms. The monoisotopic (exact) mass is 376 g/mol. The summed E-state index contributed by atoms with van der Waals surface area (Å²) in [4.78, 5) is 28.3. The molecule has 0 saturated heterocycles. The second-order valence-corrected chi connectivity index (χ2v) is 5.79. The van der Waals surface area contributed by atoms with E-state index in [1.165, 1.54) is 36.7 Å². The first-order valence-corrected chi connectivity index (χ1v) is 8.49. The first kappa shape index (κ1) is 18.9. The van der Waals surface area contributed by atoms with Crippen molar-refractivity contribution in [3.8, 4) is 0 Å². The third kappa shape index (κ3) is 5.07. The number of carbonyl (C=O) groups excluding carboxylic acids is 2. The Morgan fingerprint density at radius 2 is 1.46 bits per heavy atom. The van der Waals surface area contributed by atoms with Crippen molar-refractivity contribution in [2.45, 2.75) is 0 Å². The zero-order valence-corrected chi connectivity index (χ0v) is 14.8. The van der Waals surface area contributed by atoms with Gasteiger partial charge in [0, 0.05) is 23.5 Å². The fourth-order valence-corrected chi connectivity index (χ4v) is 2.39. The minimum Gasteiger partial charge on any atom is -0.346 e. The van der Waals surface area contributed by atoms with Crippen molar-refractivity contribution in [2.75, 3.05) is 6.54 Å². The standard InChI is InChI=1S/C21H17FN4O2/c22-18-8-6-16(7-9-18)20(27)24-14-19(15-4-2-1-3-5-15)25-26-21(28)17-10-12-23-13-11-17/h1-13H,14H2,(H,24,27)(H,26,28)/b25-19-. The maximum Gasteiger partial charge on any atom is 0.271 e. The molecule has 0 saturated carbocycles. The summed E-state index contributed by atoms with van der Waals surface area (Å²) in [6.07, 6.45) is 3.03. The van der Waals surface area contributed by atoms with Crippen LogP contribution >= 0.6 is 0 Å². The second-order valence-electron chi connectivity index (χ2n) is 5.79. The molecule has 3 rings (SSSR count). The van der Waals surface area contributed by atoms with Gasteiger partial charge in [-0.2, -0.15) is 5.10 Å². The van der Waals surface area contributed by atoms with E-state index in [9.17, 15) is 14.0 Å². The molecule has 0 unspecified atom stereocenters. The molecule has 6 nitrogen and oxygen atoms in total. The predicted molar refractivity (Wildman–Crippen MR) is 103 cm³/mol. The molecule has 0 atom stereocenters.